The van der Waals surface area contributed by atoms with E-state index in [1.165, 1.54) is 62.6 Å². The van der Waals surface area contributed by atoms with E-state index < -0.39 is 40.9 Å². The molecule has 1 aliphatic heterocycles. The van der Waals surface area contributed by atoms with Crippen LogP contribution in [0.2, 0.25) is 0 Å². The maximum atomic E-state index is 15.2. The van der Waals surface area contributed by atoms with Crippen molar-refractivity contribution in [3.63, 3.8) is 0 Å². The Kier molecular flexibility index (Phi) is 13.5. The van der Waals surface area contributed by atoms with Crippen molar-refractivity contribution < 1.29 is 31.5 Å². The van der Waals surface area contributed by atoms with E-state index in [0.717, 1.165) is 24.3 Å². The minimum atomic E-state index is -4.75. The Morgan fingerprint density at radius 3 is 2.33 bits per heavy atom. The highest BCUT2D eigenvalue weighted by Crippen LogP contribution is 2.39. The molecule has 0 spiro atoms. The summed E-state index contributed by atoms with van der Waals surface area (Å²) < 4.78 is 78.2. The van der Waals surface area contributed by atoms with Gasteiger partial charge in [-0.25, -0.2) is 18.7 Å². The molecule has 5 rings (SSSR count). The van der Waals surface area contributed by atoms with Crippen LogP contribution < -0.4 is 10.2 Å². The van der Waals surface area contributed by atoms with Crippen molar-refractivity contribution in [3.05, 3.63) is 60.3 Å². The summed E-state index contributed by atoms with van der Waals surface area (Å²) in [5.41, 5.74) is 0.523. The molecule has 10 nitrogen and oxygen atoms in total. The maximum absolute atomic E-state index is 15.2. The number of nitrogens with one attached hydrogen (secondary N) is 1. The number of ether oxygens (including phenoxy) is 1. The number of unbranched alkanes of at least 4 members (excludes halogenated alkanes) is 8. The van der Waals surface area contributed by atoms with E-state index in [4.69, 9.17) is 4.74 Å². The average Bonchev–Trinajstić information content (AvgIpc) is 3.76. The minimum absolute atomic E-state index is 0.00922. The lowest BCUT2D eigenvalue weighted by atomic mass is 9.86. The number of alkyl halides is 3. The van der Waals surface area contributed by atoms with Crippen LogP contribution in [0.3, 0.4) is 0 Å². The molecule has 15 heteroatoms. The molecule has 3 aromatic heterocycles. The number of nitriles is 1. The molecule has 55 heavy (non-hydrogen) atoms. The van der Waals surface area contributed by atoms with Gasteiger partial charge >= 0.3 is 6.18 Å². The molecule has 1 amide bonds. The van der Waals surface area contributed by atoms with Crippen LogP contribution in [0.5, 0.6) is 0 Å². The van der Waals surface area contributed by atoms with Crippen molar-refractivity contribution in [2.45, 2.75) is 123 Å². The standard InChI is InChI=1S/C40H51F5N8O2/c1-28(40(43,44)45)50-37(54)31-20-33(42)34(21-32(31)41)52-24-39(25-52,16-17-46)53-23-29(22-49-53)35-30-14-18-51(36(30)48-26-47-35)27-55-19-13-11-9-7-5-6-8-10-12-15-38(2,3)4/h14,18,20-23,26,28H,5-13,15-16,19,24-25,27H2,1-4H3,(H,50,54)/t28-/m1/s1. The summed E-state index contributed by atoms with van der Waals surface area (Å²) in [6.07, 6.45) is 14.5. The van der Waals surface area contributed by atoms with E-state index in [1.54, 1.807) is 22.4 Å². The van der Waals surface area contributed by atoms with Gasteiger partial charge in [0.15, 0.2) is 0 Å². The van der Waals surface area contributed by atoms with Gasteiger partial charge in [-0.15, -0.1) is 0 Å². The van der Waals surface area contributed by atoms with Gasteiger partial charge in [-0.2, -0.15) is 23.5 Å². The van der Waals surface area contributed by atoms with Crippen molar-refractivity contribution in [2.75, 3.05) is 24.6 Å². The van der Waals surface area contributed by atoms with Crippen LogP contribution in [0.25, 0.3) is 22.3 Å². The van der Waals surface area contributed by atoms with E-state index in [-0.39, 0.29) is 25.2 Å². The van der Waals surface area contributed by atoms with Crippen LogP contribution in [0.4, 0.5) is 27.6 Å². The number of carbonyl (C=O) groups is 1. The Labute approximate surface area is 319 Å². The molecule has 1 aliphatic rings. The number of halogens is 5. The number of hydrogen-bond donors (Lipinski definition) is 1. The van der Waals surface area contributed by atoms with Crippen LogP contribution in [-0.2, 0) is 17.0 Å². The smallest absolute Gasteiger partial charge is 0.364 e. The SMILES string of the molecule is C[C@@H](NC(=O)c1cc(F)c(N2CC(CC#N)(n3cc(-c4ncnc5c4ccn5COCCCCCCCCCCCC(C)(C)C)cn3)C2)cc1F)C(F)(F)F. The summed E-state index contributed by atoms with van der Waals surface area (Å²) in [7, 11) is 0. The molecular weight excluding hydrogens is 719 g/mol. The third kappa shape index (κ3) is 10.6. The third-order valence-corrected chi connectivity index (χ3v) is 10.2. The quantitative estimate of drug-likeness (QED) is 0.0747. The summed E-state index contributed by atoms with van der Waals surface area (Å²) in [5.74, 6) is -3.55. The number of anilines is 1. The summed E-state index contributed by atoms with van der Waals surface area (Å²) in [6, 6.07) is 3.17. The molecule has 1 fully saturated rings. The van der Waals surface area contributed by atoms with Gasteiger partial charge in [0.1, 0.15) is 41.9 Å². The first kappa shape index (κ1) is 41.6. The number of benzene rings is 1. The second-order valence-electron chi connectivity index (χ2n) is 15.9. The van der Waals surface area contributed by atoms with Gasteiger partial charge in [-0.1, -0.05) is 72.1 Å². The molecule has 1 atom stereocenters. The summed E-state index contributed by atoms with van der Waals surface area (Å²) in [4.78, 5) is 22.7. The molecule has 1 saturated heterocycles. The molecule has 4 heterocycles. The fourth-order valence-electron chi connectivity index (χ4n) is 6.93. The first-order valence-electron chi connectivity index (χ1n) is 19.0. The molecule has 0 aliphatic carbocycles. The first-order valence-corrected chi connectivity index (χ1v) is 19.0. The molecule has 1 aromatic carbocycles. The normalized spacial score (nSPS) is 14.9. The van der Waals surface area contributed by atoms with E-state index in [2.05, 4.69) is 41.9 Å². The Hall–Kier alpha value is -4.58. The number of aromatic nitrogens is 5. The molecule has 0 unspecified atom stereocenters. The summed E-state index contributed by atoms with van der Waals surface area (Å²) >= 11 is 0. The van der Waals surface area contributed by atoms with Crippen molar-refractivity contribution in [3.8, 4) is 17.3 Å². The second-order valence-corrected chi connectivity index (χ2v) is 15.9. The maximum Gasteiger partial charge on any atom is 0.408 e. The lowest BCUT2D eigenvalue weighted by molar-refractivity contribution is -0.149. The van der Waals surface area contributed by atoms with E-state index in [1.807, 2.05) is 16.8 Å². The number of rotatable bonds is 19. The molecule has 298 valence electrons. The molecule has 0 radical (unpaired) electrons. The fourth-order valence-corrected chi connectivity index (χ4v) is 6.93. The van der Waals surface area contributed by atoms with Gasteiger partial charge in [0.2, 0.25) is 0 Å². The van der Waals surface area contributed by atoms with E-state index >= 15 is 4.39 Å². The number of carbonyl (C=O) groups excluding carboxylic acids is 1. The van der Waals surface area contributed by atoms with Gasteiger partial charge in [0, 0.05) is 49.1 Å². The van der Waals surface area contributed by atoms with Gasteiger partial charge < -0.3 is 19.5 Å². The zero-order valence-electron chi connectivity index (χ0n) is 32.1. The highest BCUT2D eigenvalue weighted by molar-refractivity contribution is 5.95. The van der Waals surface area contributed by atoms with Crippen LogP contribution >= 0.6 is 0 Å². The van der Waals surface area contributed by atoms with E-state index in [0.29, 0.717) is 48.6 Å². The van der Waals surface area contributed by atoms with Crippen molar-refractivity contribution in [2.24, 2.45) is 5.41 Å². The number of nitrogens with zero attached hydrogens (tertiary/aromatic N) is 7. The highest BCUT2D eigenvalue weighted by atomic mass is 19.4. The largest absolute Gasteiger partial charge is 0.408 e. The van der Waals surface area contributed by atoms with Gasteiger partial charge in [-0.05, 0) is 37.3 Å². The van der Waals surface area contributed by atoms with E-state index in [9.17, 15) is 27.6 Å². The van der Waals surface area contributed by atoms with Crippen molar-refractivity contribution in [1.29, 1.82) is 5.26 Å². The van der Waals surface area contributed by atoms with Crippen molar-refractivity contribution in [1.82, 2.24) is 29.6 Å². The van der Waals surface area contributed by atoms with Crippen LogP contribution in [0.15, 0.2) is 43.1 Å². The van der Waals surface area contributed by atoms with Crippen molar-refractivity contribution >= 4 is 22.6 Å². The number of amides is 1. The van der Waals surface area contributed by atoms with Gasteiger partial charge in [-0.3, -0.25) is 9.48 Å². The zero-order valence-corrected chi connectivity index (χ0v) is 32.1. The number of fused-ring (bicyclic) bond motifs is 1. The average molecular weight is 771 g/mol. The first-order chi connectivity index (χ1) is 26.1. The molecule has 0 saturated carbocycles. The van der Waals surface area contributed by atoms with Crippen LogP contribution in [0, 0.1) is 28.4 Å². The topological polar surface area (TPSA) is 114 Å². The highest BCUT2D eigenvalue weighted by Gasteiger charge is 2.47. The number of hydrogen-bond acceptors (Lipinski definition) is 7. The van der Waals surface area contributed by atoms with Gasteiger partial charge in [0.25, 0.3) is 5.91 Å². The molecule has 0 bridgehead atoms. The minimum Gasteiger partial charge on any atom is -0.364 e. The summed E-state index contributed by atoms with van der Waals surface area (Å²) in [5, 5.41) is 16.6. The Balaban J connectivity index is 1.13. The summed E-state index contributed by atoms with van der Waals surface area (Å²) in [6.45, 7) is 8.79. The Morgan fingerprint density at radius 2 is 1.67 bits per heavy atom. The molecule has 1 N–H and O–H groups in total. The lowest BCUT2D eigenvalue weighted by Gasteiger charge is -2.50. The van der Waals surface area contributed by atoms with Gasteiger partial charge in [0.05, 0.1) is 35.6 Å². The Morgan fingerprint density at radius 1 is 1.00 bits per heavy atom. The van der Waals surface area contributed by atoms with Crippen LogP contribution in [-0.4, -0.2) is 62.1 Å². The zero-order chi connectivity index (χ0) is 39.8. The predicted molar refractivity (Wildman–Crippen MR) is 200 cm³/mol. The lowest BCUT2D eigenvalue weighted by Crippen LogP contribution is -2.63. The second kappa shape index (κ2) is 17.9. The Bertz CT molecular complexity index is 1940. The third-order valence-electron chi connectivity index (χ3n) is 10.2. The fraction of sp³-hybridized carbons (Fsp3) is 0.575. The molecule has 4 aromatic rings. The predicted octanol–water partition coefficient (Wildman–Crippen LogP) is 9.30. The van der Waals surface area contributed by atoms with Crippen LogP contribution in [0.1, 0.15) is 109 Å². The monoisotopic (exact) mass is 770 g/mol. The molecular formula is C40H51F5N8O2.